The lowest BCUT2D eigenvalue weighted by Crippen LogP contribution is -2.54. The number of carboxylic acids is 1. The van der Waals surface area contributed by atoms with Crippen LogP contribution in [0, 0.1) is 0 Å². The minimum atomic E-state index is -0.865. The van der Waals surface area contributed by atoms with E-state index in [-0.39, 0.29) is 18.4 Å². The van der Waals surface area contributed by atoms with E-state index in [0.29, 0.717) is 13.0 Å². The maximum Gasteiger partial charge on any atom is 0.305 e. The van der Waals surface area contributed by atoms with Gasteiger partial charge in [0, 0.05) is 12.6 Å². The number of nitrogens with zero attached hydrogens (tertiary/aromatic N) is 1. The Morgan fingerprint density at radius 1 is 1.53 bits per heavy atom. The first-order valence-corrected chi connectivity index (χ1v) is 6.20. The van der Waals surface area contributed by atoms with Crippen molar-refractivity contribution < 1.29 is 14.7 Å². The highest BCUT2D eigenvalue weighted by atomic mass is 16.4. The summed E-state index contributed by atoms with van der Waals surface area (Å²) in [6.07, 6.45) is 3.12. The Kier molecular flexibility index (Phi) is 4.51. The number of hydrogen-bond acceptors (Lipinski definition) is 3. The zero-order valence-electron chi connectivity index (χ0n) is 10.6. The van der Waals surface area contributed by atoms with Crippen LogP contribution in [-0.4, -0.2) is 40.0 Å². The number of rotatable bonds is 5. The number of aliphatic carboxylic acids is 1. The van der Waals surface area contributed by atoms with Gasteiger partial charge in [0.15, 0.2) is 0 Å². The van der Waals surface area contributed by atoms with Crippen molar-refractivity contribution in [3.8, 4) is 0 Å². The zero-order valence-corrected chi connectivity index (χ0v) is 10.6. The first kappa shape index (κ1) is 14.0. The maximum atomic E-state index is 12.3. The molecule has 2 atom stereocenters. The molecule has 98 valence electrons. The summed E-state index contributed by atoms with van der Waals surface area (Å²) in [5, 5.41) is 8.81. The highest BCUT2D eigenvalue weighted by Crippen LogP contribution is 2.24. The van der Waals surface area contributed by atoms with E-state index in [1.807, 2.05) is 6.92 Å². The SMILES string of the molecule is CCCC(C)(N)C(=O)N1CCCC1CC(=O)O. The van der Waals surface area contributed by atoms with Crippen molar-refractivity contribution in [1.82, 2.24) is 4.90 Å². The first-order valence-electron chi connectivity index (χ1n) is 6.20. The van der Waals surface area contributed by atoms with E-state index < -0.39 is 11.5 Å². The van der Waals surface area contributed by atoms with E-state index in [9.17, 15) is 9.59 Å². The first-order chi connectivity index (χ1) is 7.88. The van der Waals surface area contributed by atoms with E-state index in [4.69, 9.17) is 10.8 Å². The van der Waals surface area contributed by atoms with Gasteiger partial charge in [-0.25, -0.2) is 0 Å². The van der Waals surface area contributed by atoms with Crippen LogP contribution in [0.3, 0.4) is 0 Å². The van der Waals surface area contributed by atoms with Gasteiger partial charge in [-0.1, -0.05) is 13.3 Å². The lowest BCUT2D eigenvalue weighted by molar-refractivity contribution is -0.141. The average Bonchev–Trinajstić information content (AvgIpc) is 2.63. The van der Waals surface area contributed by atoms with Gasteiger partial charge in [0.05, 0.1) is 12.0 Å². The number of likely N-dealkylation sites (tertiary alicyclic amines) is 1. The van der Waals surface area contributed by atoms with Gasteiger partial charge in [-0.3, -0.25) is 9.59 Å². The van der Waals surface area contributed by atoms with Gasteiger partial charge in [0.25, 0.3) is 0 Å². The number of carboxylic acid groups (broad SMARTS) is 1. The van der Waals surface area contributed by atoms with Crippen LogP contribution in [0.5, 0.6) is 0 Å². The summed E-state index contributed by atoms with van der Waals surface area (Å²) in [4.78, 5) is 24.6. The molecular formula is C12H22N2O3. The zero-order chi connectivity index (χ0) is 13.1. The third-order valence-electron chi connectivity index (χ3n) is 3.31. The van der Waals surface area contributed by atoms with Crippen molar-refractivity contribution >= 4 is 11.9 Å². The molecule has 1 aliphatic heterocycles. The van der Waals surface area contributed by atoms with Crippen LogP contribution in [0.15, 0.2) is 0 Å². The molecule has 1 aliphatic rings. The van der Waals surface area contributed by atoms with Crippen LogP contribution in [0.4, 0.5) is 0 Å². The maximum absolute atomic E-state index is 12.3. The standard InChI is InChI=1S/C12H22N2O3/c1-3-6-12(2,13)11(17)14-7-4-5-9(14)8-10(15)16/h9H,3-8,13H2,1-2H3,(H,15,16). The molecule has 1 fully saturated rings. The molecule has 0 bridgehead atoms. The Bertz CT molecular complexity index is 302. The van der Waals surface area contributed by atoms with Crippen LogP contribution >= 0.6 is 0 Å². The normalized spacial score (nSPS) is 23.5. The van der Waals surface area contributed by atoms with Gasteiger partial charge in [-0.05, 0) is 26.2 Å². The fourth-order valence-electron chi connectivity index (χ4n) is 2.47. The van der Waals surface area contributed by atoms with Crippen LogP contribution in [0.2, 0.25) is 0 Å². The number of carbonyl (C=O) groups excluding carboxylic acids is 1. The summed E-state index contributed by atoms with van der Waals surface area (Å²) in [5.41, 5.74) is 5.14. The van der Waals surface area contributed by atoms with Gasteiger partial charge in [-0.15, -0.1) is 0 Å². The average molecular weight is 242 g/mol. The lowest BCUT2D eigenvalue weighted by Gasteiger charge is -2.32. The number of nitrogens with two attached hydrogens (primary N) is 1. The minimum absolute atomic E-state index is 0.0218. The summed E-state index contributed by atoms with van der Waals surface area (Å²) in [7, 11) is 0. The van der Waals surface area contributed by atoms with Gasteiger partial charge < -0.3 is 15.7 Å². The molecule has 0 aromatic carbocycles. The Morgan fingerprint density at radius 2 is 2.18 bits per heavy atom. The monoisotopic (exact) mass is 242 g/mol. The molecule has 0 radical (unpaired) electrons. The molecule has 0 aromatic rings. The summed E-state index contributed by atoms with van der Waals surface area (Å²) in [6.45, 7) is 4.35. The molecule has 3 N–H and O–H groups in total. The predicted octanol–water partition coefficient (Wildman–Crippen LogP) is 0.970. The molecule has 5 nitrogen and oxygen atoms in total. The Morgan fingerprint density at radius 3 is 2.71 bits per heavy atom. The number of amides is 1. The van der Waals surface area contributed by atoms with E-state index in [1.54, 1.807) is 11.8 Å². The Labute approximate surface area is 102 Å². The van der Waals surface area contributed by atoms with Crippen LogP contribution < -0.4 is 5.73 Å². The molecule has 17 heavy (non-hydrogen) atoms. The van der Waals surface area contributed by atoms with Crippen LogP contribution in [0.25, 0.3) is 0 Å². The Balaban J connectivity index is 2.70. The van der Waals surface area contributed by atoms with Crippen LogP contribution in [0.1, 0.15) is 46.0 Å². The quantitative estimate of drug-likeness (QED) is 0.752. The van der Waals surface area contributed by atoms with Crippen molar-refractivity contribution in [3.05, 3.63) is 0 Å². The van der Waals surface area contributed by atoms with Crippen molar-refractivity contribution in [2.75, 3.05) is 6.54 Å². The van der Waals surface area contributed by atoms with Crippen molar-refractivity contribution in [2.24, 2.45) is 5.73 Å². The second-order valence-electron chi connectivity index (χ2n) is 5.06. The largest absolute Gasteiger partial charge is 0.481 e. The summed E-state index contributed by atoms with van der Waals surface area (Å²) < 4.78 is 0. The van der Waals surface area contributed by atoms with E-state index in [1.165, 1.54) is 0 Å². The fourth-order valence-corrected chi connectivity index (χ4v) is 2.47. The second kappa shape index (κ2) is 5.49. The highest BCUT2D eigenvalue weighted by Gasteiger charge is 2.38. The fraction of sp³-hybridized carbons (Fsp3) is 0.833. The molecule has 1 heterocycles. The molecule has 2 unspecified atom stereocenters. The molecule has 5 heteroatoms. The minimum Gasteiger partial charge on any atom is -0.481 e. The van der Waals surface area contributed by atoms with Gasteiger partial charge in [-0.2, -0.15) is 0 Å². The lowest BCUT2D eigenvalue weighted by atomic mass is 9.95. The van der Waals surface area contributed by atoms with E-state index in [2.05, 4.69) is 0 Å². The van der Waals surface area contributed by atoms with Crippen molar-refractivity contribution in [1.29, 1.82) is 0 Å². The number of hydrogen-bond donors (Lipinski definition) is 2. The smallest absolute Gasteiger partial charge is 0.305 e. The Hall–Kier alpha value is -1.10. The van der Waals surface area contributed by atoms with Crippen molar-refractivity contribution in [3.63, 3.8) is 0 Å². The van der Waals surface area contributed by atoms with Crippen molar-refractivity contribution in [2.45, 2.75) is 57.5 Å². The van der Waals surface area contributed by atoms with Gasteiger partial charge >= 0.3 is 5.97 Å². The molecule has 0 aliphatic carbocycles. The third kappa shape index (κ3) is 3.43. The topological polar surface area (TPSA) is 83.6 Å². The molecule has 1 rings (SSSR count). The van der Waals surface area contributed by atoms with Crippen LogP contribution in [-0.2, 0) is 9.59 Å². The molecule has 1 saturated heterocycles. The van der Waals surface area contributed by atoms with Gasteiger partial charge in [0.1, 0.15) is 0 Å². The van der Waals surface area contributed by atoms with E-state index in [0.717, 1.165) is 19.3 Å². The molecule has 0 saturated carbocycles. The third-order valence-corrected chi connectivity index (χ3v) is 3.31. The summed E-state index contributed by atoms with van der Waals surface area (Å²) >= 11 is 0. The molecule has 0 spiro atoms. The second-order valence-corrected chi connectivity index (χ2v) is 5.06. The van der Waals surface area contributed by atoms with Gasteiger partial charge in [0.2, 0.25) is 5.91 Å². The summed E-state index contributed by atoms with van der Waals surface area (Å²) in [5.74, 6) is -0.966. The molecule has 1 amide bonds. The molecular weight excluding hydrogens is 220 g/mol. The summed E-state index contributed by atoms with van der Waals surface area (Å²) in [6, 6.07) is -0.181. The van der Waals surface area contributed by atoms with E-state index >= 15 is 0 Å². The highest BCUT2D eigenvalue weighted by molar-refractivity contribution is 5.86. The number of carbonyl (C=O) groups is 2. The molecule has 0 aromatic heterocycles. The predicted molar refractivity (Wildman–Crippen MR) is 64.5 cm³/mol.